The topological polar surface area (TPSA) is 38.0 Å². The maximum Gasteiger partial charge on any atom is 0.220 e. The molecule has 15 aromatic rings. The van der Waals surface area contributed by atoms with Crippen molar-refractivity contribution < 1.29 is 11.0 Å². The van der Waals surface area contributed by atoms with E-state index in [-0.39, 0.29) is 44.3 Å². The molecule has 0 saturated carbocycles. The van der Waals surface area contributed by atoms with Crippen LogP contribution < -0.4 is 0 Å². The van der Waals surface area contributed by atoms with Crippen LogP contribution in [0.25, 0.3) is 145 Å². The van der Waals surface area contributed by atoms with Crippen molar-refractivity contribution in [2.45, 2.75) is 0 Å². The predicted octanol–water partition coefficient (Wildman–Crippen LogP) is 19.7. The zero-order valence-corrected chi connectivity index (χ0v) is 40.6. The molecule has 0 bridgehead atoms. The molecule has 0 N–H and O–H groups in total. The first-order valence-corrected chi connectivity index (χ1v) is 25.7. The fourth-order valence-corrected chi connectivity index (χ4v) is 13.8. The van der Waals surface area contributed by atoms with E-state index in [1.165, 1.54) is 4.57 Å². The Morgan fingerprint density at radius 1 is 0.419 bits per heavy atom. The number of nitrogens with zero attached hydrogens (tertiary/aromatic N) is 4. The standard InChI is InChI=1S/C68H38N4S2/c1-70-62-60(46-38-44(41-19-5-2-6-20-41)37-45(39-46)42-21-7-3-8-22-42)55(40-69)63(71-56-29-15-11-25-47(56)48-26-12-16-30-57(48)71)61(43-23-9-4-10-24-43)66(62)72-64-51(33-35-53-49-27-13-17-31-58(49)73-67(53)64)52-34-36-54-50-28-14-18-32-59(50)74-68(54)65(52)72/h2-39H/i11D,12D,15D,16D,25D,26D,29D,30D. The van der Waals surface area contributed by atoms with Gasteiger partial charge in [-0.05, 0) is 75.8 Å². The van der Waals surface area contributed by atoms with Gasteiger partial charge in [0, 0.05) is 63.6 Å². The Balaban J connectivity index is 1.28. The second kappa shape index (κ2) is 16.5. The maximum atomic E-state index is 12.5. The molecule has 11 aromatic carbocycles. The van der Waals surface area contributed by atoms with Crippen molar-refractivity contribution in [2.24, 2.45) is 0 Å². The zero-order chi connectivity index (χ0) is 56.0. The van der Waals surface area contributed by atoms with Gasteiger partial charge in [0.1, 0.15) is 6.07 Å². The summed E-state index contributed by atoms with van der Waals surface area (Å²) < 4.78 is 83.1. The van der Waals surface area contributed by atoms with Crippen LogP contribution in [0.4, 0.5) is 5.69 Å². The summed E-state index contributed by atoms with van der Waals surface area (Å²) >= 11 is 3.29. The van der Waals surface area contributed by atoms with Crippen LogP contribution in [-0.2, 0) is 0 Å². The third-order valence-electron chi connectivity index (χ3n) is 14.4. The highest BCUT2D eigenvalue weighted by atomic mass is 32.1. The van der Waals surface area contributed by atoms with Crippen molar-refractivity contribution in [2.75, 3.05) is 0 Å². The van der Waals surface area contributed by atoms with Crippen molar-refractivity contribution in [1.29, 1.82) is 5.26 Å². The number of nitriles is 1. The molecule has 0 fully saturated rings. The molecule has 0 saturated heterocycles. The highest BCUT2D eigenvalue weighted by Gasteiger charge is 2.33. The Morgan fingerprint density at radius 3 is 1.36 bits per heavy atom. The van der Waals surface area contributed by atoms with Crippen molar-refractivity contribution in [1.82, 2.24) is 9.13 Å². The minimum atomic E-state index is -0.598. The molecular formula is C68H38N4S2. The highest BCUT2D eigenvalue weighted by Crippen LogP contribution is 2.55. The summed E-state index contributed by atoms with van der Waals surface area (Å²) in [5, 5.41) is 18.1. The van der Waals surface area contributed by atoms with Crippen LogP contribution in [0.1, 0.15) is 16.5 Å². The summed E-state index contributed by atoms with van der Waals surface area (Å²) in [5.41, 5.74) is 6.69. The van der Waals surface area contributed by atoms with E-state index in [9.17, 15) is 20.1 Å². The van der Waals surface area contributed by atoms with Crippen molar-refractivity contribution in [3.63, 3.8) is 0 Å². The molecule has 0 atom stereocenters. The molecule has 4 heterocycles. The second-order valence-corrected chi connectivity index (χ2v) is 20.4. The lowest BCUT2D eigenvalue weighted by molar-refractivity contribution is 1.14. The highest BCUT2D eigenvalue weighted by molar-refractivity contribution is 7.27. The summed E-state index contributed by atoms with van der Waals surface area (Å²) in [6.45, 7) is 9.80. The van der Waals surface area contributed by atoms with Gasteiger partial charge in [-0.15, -0.1) is 22.7 Å². The summed E-state index contributed by atoms with van der Waals surface area (Å²) in [6.07, 6.45) is 0. The van der Waals surface area contributed by atoms with Gasteiger partial charge in [-0.1, -0.05) is 188 Å². The van der Waals surface area contributed by atoms with E-state index >= 15 is 0 Å². The molecule has 0 aliphatic carbocycles. The lowest BCUT2D eigenvalue weighted by atomic mass is 9.86. The molecule has 0 radical (unpaired) electrons. The summed E-state index contributed by atoms with van der Waals surface area (Å²) in [7, 11) is 0. The van der Waals surface area contributed by atoms with Gasteiger partial charge < -0.3 is 9.13 Å². The van der Waals surface area contributed by atoms with Crippen LogP contribution in [-0.4, -0.2) is 9.13 Å². The molecule has 0 unspecified atom stereocenters. The first kappa shape index (κ1) is 34.7. The number of para-hydroxylation sites is 2. The van der Waals surface area contributed by atoms with Crippen LogP contribution in [0.5, 0.6) is 0 Å². The average molecular weight is 983 g/mol. The monoisotopic (exact) mass is 982 g/mol. The molecule has 0 amide bonds. The summed E-state index contributed by atoms with van der Waals surface area (Å²) in [4.78, 5) is 4.66. The zero-order valence-electron chi connectivity index (χ0n) is 46.9. The Morgan fingerprint density at radius 2 is 0.865 bits per heavy atom. The van der Waals surface area contributed by atoms with Crippen LogP contribution in [0.3, 0.4) is 0 Å². The fraction of sp³-hybridized carbons (Fsp3) is 0. The first-order chi connectivity index (χ1) is 40.0. The molecule has 6 heteroatoms. The molecule has 342 valence electrons. The number of fused-ring (bicyclic) bond motifs is 14. The van der Waals surface area contributed by atoms with E-state index in [0.717, 1.165) is 84.4 Å². The Kier molecular flexibility index (Phi) is 7.74. The van der Waals surface area contributed by atoms with Crippen molar-refractivity contribution in [3.05, 3.63) is 247 Å². The smallest absolute Gasteiger partial charge is 0.220 e. The lowest BCUT2D eigenvalue weighted by Crippen LogP contribution is -2.09. The minimum Gasteiger partial charge on any atom is -0.316 e. The molecule has 0 spiro atoms. The lowest BCUT2D eigenvalue weighted by Gasteiger charge is -2.26. The summed E-state index contributed by atoms with van der Waals surface area (Å²) in [6, 6.07) is 58.5. The van der Waals surface area contributed by atoms with Crippen LogP contribution in [0.2, 0.25) is 0 Å². The van der Waals surface area contributed by atoms with Crippen LogP contribution in [0.15, 0.2) is 230 Å². The fourth-order valence-electron chi connectivity index (χ4n) is 11.3. The Hall–Kier alpha value is -9.56. The van der Waals surface area contributed by atoms with Gasteiger partial charge in [-0.25, -0.2) is 4.85 Å². The van der Waals surface area contributed by atoms with Crippen molar-refractivity contribution >= 4 is 112 Å². The second-order valence-electron chi connectivity index (χ2n) is 18.3. The number of hydrogen-bond donors (Lipinski definition) is 0. The molecule has 4 aromatic heterocycles. The SMILES string of the molecule is [2H]c1c([2H])c([2H])c2c(c1[2H])c1c([2H])c([2H])c([2H])c([2H])c1n2-c1c(C#N)c(-c2cc(-c3ccccc3)cc(-c3ccccc3)c2)c([N+]#[C-])c(-n2c3c(ccc4c5ccccc5sc43)c3ccc4c5ccccc5sc4c32)c1-c1ccccc1. The first-order valence-electron chi connectivity index (χ1n) is 28.0. The van der Waals surface area contributed by atoms with Crippen LogP contribution in [0, 0.1) is 17.9 Å². The largest absolute Gasteiger partial charge is 0.316 e. The molecule has 4 nitrogen and oxygen atoms in total. The van der Waals surface area contributed by atoms with Gasteiger partial charge in [-0.3, -0.25) is 0 Å². The number of rotatable bonds is 6. The molecule has 15 rings (SSSR count). The summed E-state index contributed by atoms with van der Waals surface area (Å²) in [5.74, 6) is 0. The Labute approximate surface area is 444 Å². The predicted molar refractivity (Wildman–Crippen MR) is 314 cm³/mol. The quantitative estimate of drug-likeness (QED) is 0.153. The Bertz CT molecular complexity index is 5140. The number of hydrogen-bond acceptors (Lipinski definition) is 3. The van der Waals surface area contributed by atoms with Gasteiger partial charge in [0.25, 0.3) is 0 Å². The third kappa shape index (κ3) is 6.11. The molecule has 74 heavy (non-hydrogen) atoms. The van der Waals surface area contributed by atoms with E-state index in [1.807, 2.05) is 127 Å². The van der Waals surface area contributed by atoms with Gasteiger partial charge in [0.15, 0.2) is 0 Å². The van der Waals surface area contributed by atoms with Crippen LogP contribution >= 0.6 is 22.7 Å². The molecular weight excluding hydrogens is 937 g/mol. The van der Waals surface area contributed by atoms with Gasteiger partial charge in [-0.2, -0.15) is 5.26 Å². The number of benzene rings is 11. The van der Waals surface area contributed by atoms with Crippen molar-refractivity contribution in [3.8, 4) is 62.0 Å². The third-order valence-corrected chi connectivity index (χ3v) is 16.8. The van der Waals surface area contributed by atoms with E-state index < -0.39 is 48.3 Å². The number of aromatic nitrogens is 2. The van der Waals surface area contributed by atoms with E-state index in [1.54, 1.807) is 22.7 Å². The normalized spacial score (nSPS) is 13.3. The minimum absolute atomic E-state index is 0.0590. The van der Waals surface area contributed by atoms with Gasteiger partial charge >= 0.3 is 0 Å². The number of thiophene rings is 2. The van der Waals surface area contributed by atoms with E-state index in [4.69, 9.17) is 2.74 Å². The van der Waals surface area contributed by atoms with E-state index in [0.29, 0.717) is 22.4 Å². The molecule has 0 aliphatic heterocycles. The maximum absolute atomic E-state index is 12.5. The van der Waals surface area contributed by atoms with Gasteiger partial charge in [0.2, 0.25) is 5.69 Å². The average Bonchev–Trinajstić information content (AvgIpc) is 4.16. The van der Waals surface area contributed by atoms with E-state index in [2.05, 4.69) is 70.1 Å². The van der Waals surface area contributed by atoms with Gasteiger partial charge in [0.05, 0.1) is 65.9 Å². The molecule has 0 aliphatic rings.